The molecule has 0 aliphatic carbocycles. The van der Waals surface area contributed by atoms with Crippen molar-refractivity contribution in [1.29, 1.82) is 0 Å². The number of aromatic nitrogens is 3. The highest BCUT2D eigenvalue weighted by Gasteiger charge is 2.18. The molecule has 0 radical (unpaired) electrons. The number of pyridine rings is 1. The number of nitrogens with zero attached hydrogens (tertiary/aromatic N) is 4. The minimum absolute atomic E-state index is 0.0862. The Morgan fingerprint density at radius 2 is 1.97 bits per heavy atom. The Morgan fingerprint density at radius 1 is 1.16 bits per heavy atom. The molecule has 0 unspecified atom stereocenters. The Labute approximate surface area is 220 Å². The number of benzene rings is 2. The molecule has 0 bridgehead atoms. The Balaban J connectivity index is 1.23. The molecule has 0 spiro atoms. The highest BCUT2D eigenvalue weighted by atomic mass is 19.2. The number of hydrogen-bond donors (Lipinski definition) is 2. The van der Waals surface area contributed by atoms with Gasteiger partial charge in [0.1, 0.15) is 11.3 Å². The van der Waals surface area contributed by atoms with Crippen molar-refractivity contribution in [2.45, 2.75) is 45.3 Å². The van der Waals surface area contributed by atoms with Crippen LogP contribution in [0.4, 0.5) is 14.5 Å². The summed E-state index contributed by atoms with van der Waals surface area (Å²) in [4.78, 5) is 24.3. The van der Waals surface area contributed by atoms with Gasteiger partial charge in [0.25, 0.3) is 0 Å². The van der Waals surface area contributed by atoms with E-state index in [0.717, 1.165) is 31.3 Å². The van der Waals surface area contributed by atoms with E-state index in [0.29, 0.717) is 35.0 Å². The number of hydrogen-bond acceptors (Lipinski definition) is 5. The fourth-order valence-corrected chi connectivity index (χ4v) is 4.95. The molecule has 38 heavy (non-hydrogen) atoms. The van der Waals surface area contributed by atoms with Crippen LogP contribution >= 0.6 is 0 Å². The summed E-state index contributed by atoms with van der Waals surface area (Å²) in [6, 6.07) is 16.2. The number of anilines is 1. The summed E-state index contributed by atoms with van der Waals surface area (Å²) in [5, 5.41) is 6.54. The van der Waals surface area contributed by atoms with Crippen LogP contribution in [0.25, 0.3) is 11.2 Å². The largest absolute Gasteiger partial charge is 0.369 e. The van der Waals surface area contributed by atoms with E-state index in [9.17, 15) is 13.6 Å². The number of rotatable bonds is 8. The van der Waals surface area contributed by atoms with Gasteiger partial charge in [-0.15, -0.1) is 0 Å². The molecule has 0 saturated carbocycles. The number of amides is 1. The number of imidazole rings is 1. The normalized spacial score (nSPS) is 16.5. The Kier molecular flexibility index (Phi) is 7.64. The summed E-state index contributed by atoms with van der Waals surface area (Å²) in [6.07, 6.45) is 2.29. The highest BCUT2D eigenvalue weighted by Crippen LogP contribution is 2.22. The predicted molar refractivity (Wildman–Crippen MR) is 144 cm³/mol. The molecular formula is C29H32F2N6O. The molecule has 9 heteroatoms. The molecule has 5 rings (SSSR count). The van der Waals surface area contributed by atoms with Gasteiger partial charge < -0.3 is 20.1 Å². The lowest BCUT2D eigenvalue weighted by Gasteiger charge is -2.33. The van der Waals surface area contributed by atoms with Gasteiger partial charge in [0, 0.05) is 50.4 Å². The van der Waals surface area contributed by atoms with E-state index in [1.807, 2.05) is 17.6 Å². The second-order valence-corrected chi connectivity index (χ2v) is 9.89. The first-order valence-electron chi connectivity index (χ1n) is 13.0. The van der Waals surface area contributed by atoms with Crippen molar-refractivity contribution in [3.8, 4) is 0 Å². The topological polar surface area (TPSA) is 75.1 Å². The lowest BCUT2D eigenvalue weighted by Crippen LogP contribution is -2.49. The maximum Gasteiger partial charge on any atom is 0.220 e. The Hall–Kier alpha value is -3.85. The molecule has 2 aromatic heterocycles. The molecule has 3 heterocycles. The quantitative estimate of drug-likeness (QED) is 0.363. The molecule has 4 aromatic rings. The molecule has 198 valence electrons. The van der Waals surface area contributed by atoms with Gasteiger partial charge in [-0.2, -0.15) is 0 Å². The Morgan fingerprint density at radius 3 is 2.74 bits per heavy atom. The van der Waals surface area contributed by atoms with Gasteiger partial charge in [-0.05, 0) is 61.4 Å². The highest BCUT2D eigenvalue weighted by molar-refractivity contribution is 5.77. The molecule has 1 saturated heterocycles. The number of aryl methyl sites for hydroxylation is 1. The maximum atomic E-state index is 13.8. The zero-order valence-corrected chi connectivity index (χ0v) is 21.6. The van der Waals surface area contributed by atoms with Crippen molar-refractivity contribution < 1.29 is 13.6 Å². The van der Waals surface area contributed by atoms with E-state index in [1.54, 1.807) is 18.3 Å². The van der Waals surface area contributed by atoms with Crippen molar-refractivity contribution >= 4 is 22.8 Å². The van der Waals surface area contributed by atoms with Crippen LogP contribution in [0.1, 0.15) is 43.3 Å². The van der Waals surface area contributed by atoms with Crippen molar-refractivity contribution in [3.05, 3.63) is 89.4 Å². The zero-order chi connectivity index (χ0) is 26.6. The van der Waals surface area contributed by atoms with Crippen molar-refractivity contribution in [3.63, 3.8) is 0 Å². The van der Waals surface area contributed by atoms with E-state index in [-0.39, 0.29) is 24.9 Å². The van der Waals surface area contributed by atoms with Gasteiger partial charge in [0.05, 0.1) is 12.6 Å². The first-order chi connectivity index (χ1) is 18.4. The average molecular weight is 519 g/mol. The van der Waals surface area contributed by atoms with Crippen LogP contribution in [0.5, 0.6) is 0 Å². The number of nitrogens with one attached hydrogen (secondary N) is 2. The number of fused-ring (bicyclic) bond motifs is 1. The Bertz CT molecular complexity index is 1420. The number of halogens is 2. The van der Waals surface area contributed by atoms with Crippen LogP contribution in [0.15, 0.2) is 60.8 Å². The molecular weight excluding hydrogens is 486 g/mol. The summed E-state index contributed by atoms with van der Waals surface area (Å²) in [5.74, 6) is -1.20. The summed E-state index contributed by atoms with van der Waals surface area (Å²) < 4.78 is 29.1. The number of carbonyl (C=O) groups excluding carboxylic acids is 1. The van der Waals surface area contributed by atoms with Crippen LogP contribution in [-0.2, 0) is 17.8 Å². The zero-order valence-electron chi connectivity index (χ0n) is 21.6. The fraction of sp³-hybridized carbons (Fsp3) is 0.345. The van der Waals surface area contributed by atoms with E-state index < -0.39 is 11.6 Å². The second kappa shape index (κ2) is 11.3. The van der Waals surface area contributed by atoms with Gasteiger partial charge in [-0.3, -0.25) is 4.79 Å². The SMILES string of the molecule is C[C@H](NC(=O)CCc1nc2cccnc2n1Cc1ccc(F)c(F)c1)c1ccc(N2CCN[C@@H](C)C2)cc1. The fourth-order valence-electron chi connectivity index (χ4n) is 4.95. The van der Waals surface area contributed by atoms with Crippen LogP contribution in [0.3, 0.4) is 0 Å². The first-order valence-corrected chi connectivity index (χ1v) is 13.0. The molecule has 2 aromatic carbocycles. The standard InChI is InChI=1S/C29H32F2N6O/c1-19-17-36(15-14-32-19)23-8-6-22(7-9-23)20(2)34-28(38)12-11-27-35-26-4-3-13-33-29(26)37(27)18-21-5-10-24(30)25(31)16-21/h3-10,13,16,19-20,32H,11-12,14-15,17-18H2,1-2H3,(H,34,38)/t19-,20-/m0/s1. The third-order valence-electron chi connectivity index (χ3n) is 6.99. The smallest absolute Gasteiger partial charge is 0.220 e. The molecule has 1 aliphatic heterocycles. The predicted octanol–water partition coefficient (Wildman–Crippen LogP) is 4.37. The van der Waals surface area contributed by atoms with Crippen LogP contribution in [0, 0.1) is 11.6 Å². The first kappa shape index (κ1) is 25.8. The van der Waals surface area contributed by atoms with Crippen LogP contribution in [0.2, 0.25) is 0 Å². The molecule has 7 nitrogen and oxygen atoms in total. The summed E-state index contributed by atoms with van der Waals surface area (Å²) >= 11 is 0. The molecule has 1 aliphatic rings. The monoisotopic (exact) mass is 518 g/mol. The molecule has 1 fully saturated rings. The van der Waals surface area contributed by atoms with E-state index in [2.05, 4.69) is 56.7 Å². The lowest BCUT2D eigenvalue weighted by molar-refractivity contribution is -0.121. The maximum absolute atomic E-state index is 13.8. The van der Waals surface area contributed by atoms with Crippen molar-refractivity contribution in [1.82, 2.24) is 25.2 Å². The van der Waals surface area contributed by atoms with E-state index >= 15 is 0 Å². The number of carbonyl (C=O) groups is 1. The number of piperazine rings is 1. The van der Waals surface area contributed by atoms with Crippen LogP contribution < -0.4 is 15.5 Å². The van der Waals surface area contributed by atoms with Crippen molar-refractivity contribution in [2.75, 3.05) is 24.5 Å². The molecule has 2 atom stereocenters. The lowest BCUT2D eigenvalue weighted by atomic mass is 10.1. The average Bonchev–Trinajstić information content (AvgIpc) is 3.27. The van der Waals surface area contributed by atoms with Gasteiger partial charge in [-0.25, -0.2) is 18.7 Å². The summed E-state index contributed by atoms with van der Waals surface area (Å²) in [5.41, 5.74) is 4.15. The van der Waals surface area contributed by atoms with E-state index in [4.69, 9.17) is 0 Å². The minimum atomic E-state index is -0.898. The molecule has 1 amide bonds. The third-order valence-corrected chi connectivity index (χ3v) is 6.99. The summed E-state index contributed by atoms with van der Waals surface area (Å²) in [6.45, 7) is 7.36. The van der Waals surface area contributed by atoms with Crippen molar-refractivity contribution in [2.24, 2.45) is 0 Å². The third kappa shape index (κ3) is 5.83. The molecule has 2 N–H and O–H groups in total. The van der Waals surface area contributed by atoms with Crippen LogP contribution in [-0.4, -0.2) is 46.1 Å². The van der Waals surface area contributed by atoms with Gasteiger partial charge in [0.15, 0.2) is 17.3 Å². The van der Waals surface area contributed by atoms with E-state index in [1.165, 1.54) is 11.8 Å². The van der Waals surface area contributed by atoms with Gasteiger partial charge in [-0.1, -0.05) is 18.2 Å². The van der Waals surface area contributed by atoms with Gasteiger partial charge in [0.2, 0.25) is 5.91 Å². The minimum Gasteiger partial charge on any atom is -0.369 e. The summed E-state index contributed by atoms with van der Waals surface area (Å²) in [7, 11) is 0. The second-order valence-electron chi connectivity index (χ2n) is 9.89. The van der Waals surface area contributed by atoms with Gasteiger partial charge >= 0.3 is 0 Å².